The van der Waals surface area contributed by atoms with Gasteiger partial charge in [0.25, 0.3) is 5.91 Å². The summed E-state index contributed by atoms with van der Waals surface area (Å²) in [5, 5.41) is 14.5. The molecule has 2 N–H and O–H groups in total. The van der Waals surface area contributed by atoms with Crippen LogP contribution in [-0.2, 0) is 20.1 Å². The number of hydrogen-bond donors (Lipinski definition) is 2. The highest BCUT2D eigenvalue weighted by Gasteiger charge is 2.21. The van der Waals surface area contributed by atoms with E-state index in [1.807, 2.05) is 65.1 Å². The van der Waals surface area contributed by atoms with E-state index in [4.69, 9.17) is 9.97 Å². The molecule has 0 spiro atoms. The number of benzene rings is 5. The Hall–Kier alpha value is -7.14. The van der Waals surface area contributed by atoms with Gasteiger partial charge in [0.2, 0.25) is 0 Å². The van der Waals surface area contributed by atoms with Gasteiger partial charge in [0.05, 0.1) is 27.8 Å². The number of aromatic amines is 1. The molecular formula is C50H58N10O. The zero-order valence-electron chi connectivity index (χ0n) is 36.8. The number of imidazole rings is 2. The SMILES string of the molecule is CC.CCn1c(-c2ccccc2-c2c(C)n[nH]c2C)nc2cc(C(=O)NC)ccc21.CCn1c(-c2ccccc2-c2ccc(C)cc2C)nc2cc(-c3ncn(C)n3)ccc21.[HH].[HH]. The molecule has 9 aromatic rings. The van der Waals surface area contributed by atoms with Crippen LogP contribution < -0.4 is 5.32 Å². The number of nitrogens with zero attached hydrogens (tertiary/aromatic N) is 8. The van der Waals surface area contributed by atoms with Gasteiger partial charge < -0.3 is 14.5 Å². The molecule has 0 saturated heterocycles. The summed E-state index contributed by atoms with van der Waals surface area (Å²) >= 11 is 0. The molecule has 4 heterocycles. The highest BCUT2D eigenvalue weighted by molar-refractivity contribution is 5.98. The quantitative estimate of drug-likeness (QED) is 0.157. The van der Waals surface area contributed by atoms with Gasteiger partial charge in [-0.1, -0.05) is 86.1 Å². The van der Waals surface area contributed by atoms with Crippen LogP contribution in [0.1, 0.15) is 63.4 Å². The molecule has 0 radical (unpaired) electrons. The highest BCUT2D eigenvalue weighted by Crippen LogP contribution is 2.38. The first kappa shape index (κ1) is 42.0. The van der Waals surface area contributed by atoms with Gasteiger partial charge >= 0.3 is 0 Å². The summed E-state index contributed by atoms with van der Waals surface area (Å²) in [7, 11) is 3.51. The molecule has 0 bridgehead atoms. The number of rotatable bonds is 8. The number of nitrogens with one attached hydrogen (secondary N) is 2. The van der Waals surface area contributed by atoms with E-state index in [2.05, 4.69) is 135 Å². The van der Waals surface area contributed by atoms with Gasteiger partial charge in [-0.25, -0.2) is 15.0 Å². The molecule has 0 aliphatic carbocycles. The Bertz CT molecular complexity index is 2990. The molecule has 11 heteroatoms. The average Bonchev–Trinajstić information content (AvgIpc) is 4.07. The molecule has 314 valence electrons. The lowest BCUT2D eigenvalue weighted by molar-refractivity contribution is 0.0963. The van der Waals surface area contributed by atoms with Crippen LogP contribution in [0.3, 0.4) is 0 Å². The lowest BCUT2D eigenvalue weighted by Gasteiger charge is -2.14. The largest absolute Gasteiger partial charge is 0.355 e. The van der Waals surface area contributed by atoms with Crippen LogP contribution in [0, 0.1) is 27.7 Å². The van der Waals surface area contributed by atoms with E-state index in [0.29, 0.717) is 11.4 Å². The van der Waals surface area contributed by atoms with Crippen LogP contribution in [0.5, 0.6) is 0 Å². The Morgan fingerprint density at radius 1 is 0.705 bits per heavy atom. The number of hydrogen-bond acceptors (Lipinski definition) is 6. The topological polar surface area (TPSA) is 124 Å². The monoisotopic (exact) mass is 814 g/mol. The Morgan fingerprint density at radius 2 is 1.30 bits per heavy atom. The molecule has 5 aromatic carbocycles. The van der Waals surface area contributed by atoms with Crippen molar-refractivity contribution in [2.75, 3.05) is 7.05 Å². The van der Waals surface area contributed by atoms with Gasteiger partial charge in [-0.3, -0.25) is 14.6 Å². The number of carbonyl (C=O) groups excluding carboxylic acids is 1. The fourth-order valence-corrected chi connectivity index (χ4v) is 8.08. The predicted molar refractivity (Wildman–Crippen MR) is 253 cm³/mol. The van der Waals surface area contributed by atoms with Gasteiger partial charge in [-0.15, -0.1) is 0 Å². The molecule has 1 amide bonds. The number of aromatic nitrogens is 9. The van der Waals surface area contributed by atoms with Crippen LogP contribution >= 0.6 is 0 Å². The third-order valence-corrected chi connectivity index (χ3v) is 10.9. The zero-order chi connectivity index (χ0) is 43.4. The van der Waals surface area contributed by atoms with Gasteiger partial charge in [0.1, 0.15) is 18.0 Å². The predicted octanol–water partition coefficient (Wildman–Crippen LogP) is 11.4. The van der Waals surface area contributed by atoms with E-state index in [1.54, 1.807) is 18.1 Å². The fourth-order valence-electron chi connectivity index (χ4n) is 8.08. The van der Waals surface area contributed by atoms with Crippen molar-refractivity contribution in [1.82, 2.24) is 49.4 Å². The lowest BCUT2D eigenvalue weighted by Crippen LogP contribution is -2.17. The van der Waals surface area contributed by atoms with E-state index in [0.717, 1.165) is 86.0 Å². The summed E-state index contributed by atoms with van der Waals surface area (Å²) in [5.74, 6) is 2.48. The first-order chi connectivity index (χ1) is 29.6. The first-order valence-corrected chi connectivity index (χ1v) is 21.0. The molecule has 0 aliphatic rings. The Morgan fingerprint density at radius 3 is 1.85 bits per heavy atom. The Labute approximate surface area is 360 Å². The van der Waals surface area contributed by atoms with Crippen molar-refractivity contribution < 1.29 is 7.65 Å². The number of amides is 1. The van der Waals surface area contributed by atoms with E-state index in [-0.39, 0.29) is 8.76 Å². The minimum Gasteiger partial charge on any atom is -0.355 e. The summed E-state index contributed by atoms with van der Waals surface area (Å²) in [6.07, 6.45) is 1.72. The molecule has 0 unspecified atom stereocenters. The molecule has 0 saturated carbocycles. The van der Waals surface area contributed by atoms with Crippen molar-refractivity contribution in [1.29, 1.82) is 0 Å². The highest BCUT2D eigenvalue weighted by atomic mass is 16.1. The number of carbonyl (C=O) groups is 1. The molecular weight excluding hydrogens is 757 g/mol. The van der Waals surface area contributed by atoms with Crippen LogP contribution in [-0.4, -0.2) is 57.0 Å². The smallest absolute Gasteiger partial charge is 0.251 e. The first-order valence-electron chi connectivity index (χ1n) is 21.0. The van der Waals surface area contributed by atoms with Crippen molar-refractivity contribution in [3.05, 3.63) is 138 Å². The van der Waals surface area contributed by atoms with Crippen molar-refractivity contribution in [3.8, 4) is 56.4 Å². The summed E-state index contributed by atoms with van der Waals surface area (Å²) in [4.78, 5) is 26.4. The molecule has 61 heavy (non-hydrogen) atoms. The maximum absolute atomic E-state index is 12.0. The number of aryl methyl sites for hydroxylation is 7. The summed E-state index contributed by atoms with van der Waals surface area (Å²) < 4.78 is 6.19. The Kier molecular flexibility index (Phi) is 12.4. The van der Waals surface area contributed by atoms with E-state index >= 15 is 0 Å². The summed E-state index contributed by atoms with van der Waals surface area (Å²) in [5.41, 5.74) is 16.9. The Balaban J connectivity index is 0.000000223. The van der Waals surface area contributed by atoms with Crippen molar-refractivity contribution in [3.63, 3.8) is 0 Å². The van der Waals surface area contributed by atoms with Crippen molar-refractivity contribution in [2.45, 2.75) is 68.5 Å². The van der Waals surface area contributed by atoms with Gasteiger partial charge in [0, 0.05) is 63.5 Å². The average molecular weight is 815 g/mol. The number of H-pyrrole nitrogens is 1. The normalized spacial score (nSPS) is 11.0. The summed E-state index contributed by atoms with van der Waals surface area (Å²) in [6, 6.07) is 35.4. The lowest BCUT2D eigenvalue weighted by atomic mass is 9.94. The molecule has 0 aliphatic heterocycles. The third-order valence-electron chi connectivity index (χ3n) is 10.9. The van der Waals surface area contributed by atoms with Crippen molar-refractivity contribution >= 4 is 28.0 Å². The maximum Gasteiger partial charge on any atom is 0.251 e. The second kappa shape index (κ2) is 18.0. The van der Waals surface area contributed by atoms with E-state index in [1.165, 1.54) is 22.3 Å². The molecule has 0 atom stereocenters. The summed E-state index contributed by atoms with van der Waals surface area (Å²) in [6.45, 7) is 18.2. The van der Waals surface area contributed by atoms with Crippen LogP contribution in [0.2, 0.25) is 0 Å². The fraction of sp³-hybridized carbons (Fsp3) is 0.240. The zero-order valence-corrected chi connectivity index (χ0v) is 36.8. The molecule has 9 rings (SSSR count). The van der Waals surface area contributed by atoms with Crippen molar-refractivity contribution in [2.24, 2.45) is 7.05 Å². The number of fused-ring (bicyclic) bond motifs is 2. The van der Waals surface area contributed by atoms with Gasteiger partial charge in [-0.2, -0.15) is 10.2 Å². The van der Waals surface area contributed by atoms with Gasteiger partial charge in [-0.05, 0) is 100 Å². The molecule has 11 nitrogen and oxygen atoms in total. The minimum absolute atomic E-state index is 0. The maximum atomic E-state index is 12.0. The minimum atomic E-state index is -0.112. The van der Waals surface area contributed by atoms with Gasteiger partial charge in [0.15, 0.2) is 5.82 Å². The van der Waals surface area contributed by atoms with Crippen LogP contribution in [0.15, 0.2) is 109 Å². The molecule has 4 aromatic heterocycles. The van der Waals surface area contributed by atoms with E-state index in [9.17, 15) is 4.79 Å². The second-order valence-corrected chi connectivity index (χ2v) is 14.8. The van der Waals surface area contributed by atoms with Crippen LogP contribution in [0.25, 0.3) is 78.5 Å². The van der Waals surface area contributed by atoms with Crippen LogP contribution in [0.4, 0.5) is 0 Å². The molecule has 0 fully saturated rings. The standard InChI is InChI=1S/C26H25N5.C22H23N5O.C2H6.2H2/c1-5-31-24-13-11-19(25-27-16-30(4)29-25)15-23(24)28-26(31)22-9-7-6-8-21(22)20-12-10-17(2)14-18(20)3;1-5-27-19-11-10-15(22(28)23-4)12-18(19)24-21(27)17-9-7-6-8-16(17)20-13(2)25-26-14(20)3;1-2;;/h6-16H,5H2,1-4H3;6-12H,5H2,1-4H3,(H,23,28)(H,25,26);1-2H3;2*1H. The second-order valence-electron chi connectivity index (χ2n) is 14.8. The third kappa shape index (κ3) is 8.11. The van der Waals surface area contributed by atoms with E-state index < -0.39 is 0 Å².